The van der Waals surface area contributed by atoms with Crippen LogP contribution in [-0.4, -0.2) is 21.4 Å². The lowest BCUT2D eigenvalue weighted by Crippen LogP contribution is -2.44. The second kappa shape index (κ2) is 3.21. The number of phosphoric ester groups is 1. The third-order valence-electron chi connectivity index (χ3n) is 1.34. The van der Waals surface area contributed by atoms with E-state index in [1.807, 2.05) is 0 Å². The largest absolute Gasteiger partial charge is 0.469 e. The van der Waals surface area contributed by atoms with Crippen molar-refractivity contribution in [1.29, 1.82) is 0 Å². The fraction of sp³-hybridized carbons (Fsp3) is 1.00. The first kappa shape index (κ1) is 11.1. The van der Waals surface area contributed by atoms with Crippen LogP contribution in [0.4, 0.5) is 0 Å². The van der Waals surface area contributed by atoms with Gasteiger partial charge in [0.2, 0.25) is 0 Å². The van der Waals surface area contributed by atoms with E-state index in [9.17, 15) is 4.57 Å². The zero-order valence-corrected chi connectivity index (χ0v) is 7.71. The fourth-order valence-electron chi connectivity index (χ4n) is 0.342. The molecule has 0 radical (unpaired) electrons. The average molecular weight is 183 g/mol. The maximum absolute atomic E-state index is 10.3. The van der Waals surface area contributed by atoms with Gasteiger partial charge in [-0.05, 0) is 20.8 Å². The van der Waals surface area contributed by atoms with Gasteiger partial charge in [0.05, 0.1) is 6.10 Å². The molecule has 0 bridgehead atoms. The molecule has 0 aliphatic carbocycles. The van der Waals surface area contributed by atoms with E-state index in [1.165, 1.54) is 6.92 Å². The lowest BCUT2D eigenvalue weighted by Gasteiger charge is -2.26. The van der Waals surface area contributed by atoms with Crippen molar-refractivity contribution in [3.8, 4) is 0 Å². The van der Waals surface area contributed by atoms with Gasteiger partial charge >= 0.3 is 7.82 Å². The summed E-state index contributed by atoms with van der Waals surface area (Å²) in [6, 6.07) is 0. The van der Waals surface area contributed by atoms with Gasteiger partial charge < -0.3 is 15.5 Å². The van der Waals surface area contributed by atoms with Crippen molar-refractivity contribution in [2.75, 3.05) is 0 Å². The highest BCUT2D eigenvalue weighted by atomic mass is 31.2. The van der Waals surface area contributed by atoms with E-state index in [0.29, 0.717) is 0 Å². The molecule has 0 aliphatic rings. The van der Waals surface area contributed by atoms with Gasteiger partial charge in [0, 0.05) is 5.54 Å². The highest BCUT2D eigenvalue weighted by Crippen LogP contribution is 2.39. The van der Waals surface area contributed by atoms with Crippen molar-refractivity contribution < 1.29 is 18.9 Å². The van der Waals surface area contributed by atoms with Crippen LogP contribution in [0.1, 0.15) is 20.8 Å². The Kier molecular flexibility index (Phi) is 3.23. The molecule has 1 unspecified atom stereocenters. The first-order valence-electron chi connectivity index (χ1n) is 3.16. The van der Waals surface area contributed by atoms with E-state index in [4.69, 9.17) is 15.5 Å². The van der Waals surface area contributed by atoms with Gasteiger partial charge in [-0.25, -0.2) is 4.57 Å². The van der Waals surface area contributed by atoms with Gasteiger partial charge in [-0.15, -0.1) is 0 Å². The molecule has 0 amide bonds. The van der Waals surface area contributed by atoms with Crippen LogP contribution in [0.3, 0.4) is 0 Å². The molecule has 68 valence electrons. The molecule has 0 saturated heterocycles. The summed E-state index contributed by atoms with van der Waals surface area (Å²) in [4.78, 5) is 16.8. The number of rotatable bonds is 3. The Balaban J connectivity index is 4.10. The predicted octanol–water partition coefficient (Wildman–Crippen LogP) is 0.221. The molecule has 0 saturated carbocycles. The minimum absolute atomic E-state index is 0.677. The van der Waals surface area contributed by atoms with Gasteiger partial charge in [0.1, 0.15) is 0 Å². The Hall–Kier alpha value is 0.0700. The summed E-state index contributed by atoms with van der Waals surface area (Å²) >= 11 is 0. The van der Waals surface area contributed by atoms with Crippen LogP contribution in [0.25, 0.3) is 0 Å². The third-order valence-corrected chi connectivity index (χ3v) is 1.93. The molecule has 0 aromatic rings. The Morgan fingerprint density at radius 1 is 1.55 bits per heavy atom. The maximum Gasteiger partial charge on any atom is 0.469 e. The van der Waals surface area contributed by atoms with Crippen LogP contribution in [0.2, 0.25) is 0 Å². The predicted molar refractivity (Wildman–Crippen MR) is 40.9 cm³/mol. The monoisotopic (exact) mass is 183 g/mol. The van der Waals surface area contributed by atoms with E-state index >= 15 is 0 Å². The molecule has 6 heteroatoms. The summed E-state index contributed by atoms with van der Waals surface area (Å²) in [6.07, 6.45) is -0.677. The summed E-state index contributed by atoms with van der Waals surface area (Å²) in [5, 5.41) is 0. The number of nitrogens with two attached hydrogens (primary N) is 1. The lowest BCUT2D eigenvalue weighted by atomic mass is 10.0. The molecule has 11 heavy (non-hydrogen) atoms. The Labute approximate surface area is 65.8 Å². The molecule has 0 rings (SSSR count). The standard InChI is InChI=1S/C5H14NO4P/c1-4(5(2,3)6)10-11(7,8)9/h4H,6H2,1-3H3,(H2,7,8,9). The third kappa shape index (κ3) is 5.35. The Morgan fingerprint density at radius 3 is 2.00 bits per heavy atom. The van der Waals surface area contributed by atoms with Gasteiger partial charge in [0.25, 0.3) is 0 Å². The maximum atomic E-state index is 10.3. The highest BCUT2D eigenvalue weighted by molar-refractivity contribution is 7.46. The number of hydrogen-bond acceptors (Lipinski definition) is 3. The van der Waals surface area contributed by atoms with Gasteiger partial charge in [0.15, 0.2) is 0 Å². The number of hydrogen-bond donors (Lipinski definition) is 3. The summed E-state index contributed by atoms with van der Waals surface area (Å²) in [5.41, 5.74) is 4.77. The molecule has 0 aliphatic heterocycles. The van der Waals surface area contributed by atoms with Crippen LogP contribution in [0.5, 0.6) is 0 Å². The molecule has 1 atom stereocenters. The second-order valence-electron chi connectivity index (χ2n) is 3.06. The molecule has 0 heterocycles. The normalized spacial score (nSPS) is 16.5. The average Bonchev–Trinajstić information content (AvgIpc) is 1.56. The molecule has 0 aromatic heterocycles. The molecular formula is C5H14NO4P. The van der Waals surface area contributed by atoms with E-state index in [-0.39, 0.29) is 0 Å². The van der Waals surface area contributed by atoms with Crippen molar-refractivity contribution in [3.63, 3.8) is 0 Å². The highest BCUT2D eigenvalue weighted by Gasteiger charge is 2.28. The second-order valence-corrected chi connectivity index (χ2v) is 4.25. The minimum Gasteiger partial charge on any atom is -0.323 e. The van der Waals surface area contributed by atoms with Crippen molar-refractivity contribution in [3.05, 3.63) is 0 Å². The quantitative estimate of drug-likeness (QED) is 0.544. The van der Waals surface area contributed by atoms with E-state index in [2.05, 4.69) is 4.52 Å². The zero-order chi connectivity index (χ0) is 9.28. The van der Waals surface area contributed by atoms with Gasteiger partial charge in [-0.1, -0.05) is 0 Å². The smallest absolute Gasteiger partial charge is 0.323 e. The summed E-state index contributed by atoms with van der Waals surface area (Å²) in [5.74, 6) is 0. The SMILES string of the molecule is CC(OP(=O)(O)O)C(C)(C)N. The summed E-state index contributed by atoms with van der Waals surface area (Å²) < 4.78 is 14.6. The van der Waals surface area contributed by atoms with Gasteiger partial charge in [-0.3, -0.25) is 4.52 Å². The van der Waals surface area contributed by atoms with E-state index in [1.54, 1.807) is 13.8 Å². The van der Waals surface area contributed by atoms with Crippen molar-refractivity contribution in [1.82, 2.24) is 0 Å². The molecule has 0 fully saturated rings. The molecular weight excluding hydrogens is 169 g/mol. The van der Waals surface area contributed by atoms with Crippen LogP contribution in [0.15, 0.2) is 0 Å². The fourth-order valence-corrected chi connectivity index (χ4v) is 1.03. The van der Waals surface area contributed by atoms with Crippen molar-refractivity contribution >= 4 is 7.82 Å². The number of phosphoric acid groups is 1. The van der Waals surface area contributed by atoms with Gasteiger partial charge in [-0.2, -0.15) is 0 Å². The molecule has 4 N–H and O–H groups in total. The van der Waals surface area contributed by atoms with Crippen LogP contribution >= 0.6 is 7.82 Å². The Bertz CT molecular complexity index is 170. The van der Waals surface area contributed by atoms with E-state index in [0.717, 1.165) is 0 Å². The molecule has 5 nitrogen and oxygen atoms in total. The summed E-state index contributed by atoms with van der Waals surface area (Å²) in [7, 11) is -4.40. The molecule has 0 aromatic carbocycles. The van der Waals surface area contributed by atoms with Crippen LogP contribution in [-0.2, 0) is 9.09 Å². The first-order valence-corrected chi connectivity index (χ1v) is 4.69. The minimum atomic E-state index is -4.40. The first-order chi connectivity index (χ1) is 4.63. The molecule has 0 spiro atoms. The van der Waals surface area contributed by atoms with Crippen molar-refractivity contribution in [2.24, 2.45) is 5.73 Å². The summed E-state index contributed by atoms with van der Waals surface area (Å²) in [6.45, 7) is 4.78. The topological polar surface area (TPSA) is 92.8 Å². The Morgan fingerprint density at radius 2 is 1.91 bits per heavy atom. The van der Waals surface area contributed by atoms with Crippen LogP contribution < -0.4 is 5.73 Å². The van der Waals surface area contributed by atoms with Crippen molar-refractivity contribution in [2.45, 2.75) is 32.4 Å². The van der Waals surface area contributed by atoms with E-state index < -0.39 is 19.5 Å². The lowest BCUT2D eigenvalue weighted by molar-refractivity contribution is 0.0980. The zero-order valence-electron chi connectivity index (χ0n) is 6.81. The van der Waals surface area contributed by atoms with Crippen LogP contribution in [0, 0.1) is 0 Å².